The van der Waals surface area contributed by atoms with Crippen LogP contribution in [-0.2, 0) is 6.54 Å². The van der Waals surface area contributed by atoms with E-state index in [1.165, 1.54) is 19.3 Å². The van der Waals surface area contributed by atoms with E-state index in [2.05, 4.69) is 27.6 Å². The lowest BCUT2D eigenvalue weighted by Gasteiger charge is -2.47. The fourth-order valence-corrected chi connectivity index (χ4v) is 3.64. The first-order chi connectivity index (χ1) is 10.2. The summed E-state index contributed by atoms with van der Waals surface area (Å²) in [7, 11) is 2.21. The normalized spacial score (nSPS) is 29.3. The van der Waals surface area contributed by atoms with Gasteiger partial charge in [0.1, 0.15) is 0 Å². The zero-order valence-electron chi connectivity index (χ0n) is 12.5. The van der Waals surface area contributed by atoms with E-state index in [9.17, 15) is 4.79 Å². The number of aromatic nitrogens is 3. The second kappa shape index (κ2) is 6.11. The van der Waals surface area contributed by atoms with Crippen molar-refractivity contribution in [1.29, 1.82) is 0 Å². The van der Waals surface area contributed by atoms with Crippen LogP contribution >= 0.6 is 0 Å². The average molecular weight is 292 g/mol. The molecular weight excluding hydrogens is 268 g/mol. The third kappa shape index (κ3) is 3.08. The maximum Gasteiger partial charge on any atom is 0.273 e. The molecule has 2 atom stereocenters. The summed E-state index contributed by atoms with van der Waals surface area (Å²) in [5.41, 5.74) is 5.85. The molecule has 0 spiro atoms. The number of rotatable bonds is 4. The molecule has 2 aliphatic heterocycles. The predicted molar refractivity (Wildman–Crippen MR) is 78.8 cm³/mol. The number of hydrogen-bond donors (Lipinski definition) is 2. The molecule has 1 amide bonds. The first-order valence-corrected chi connectivity index (χ1v) is 7.80. The molecule has 2 saturated heterocycles. The Bertz CT molecular complexity index is 487. The molecule has 0 aliphatic carbocycles. The van der Waals surface area contributed by atoms with Gasteiger partial charge in [0, 0.05) is 24.7 Å². The summed E-state index contributed by atoms with van der Waals surface area (Å²) in [5.74, 6) is -0.120. The van der Waals surface area contributed by atoms with Gasteiger partial charge in [-0.05, 0) is 32.7 Å². The summed E-state index contributed by atoms with van der Waals surface area (Å²) in [5, 5.41) is 11.0. The number of carbonyl (C=O) groups is 1. The van der Waals surface area contributed by atoms with Crippen LogP contribution in [0.3, 0.4) is 0 Å². The number of nitrogens with two attached hydrogens (primary N) is 1. The third-order valence-electron chi connectivity index (χ3n) is 4.80. The smallest absolute Gasteiger partial charge is 0.273 e. The third-order valence-corrected chi connectivity index (χ3v) is 4.80. The van der Waals surface area contributed by atoms with Crippen LogP contribution < -0.4 is 11.1 Å². The van der Waals surface area contributed by atoms with E-state index >= 15 is 0 Å². The molecule has 0 saturated carbocycles. The highest BCUT2D eigenvalue weighted by Crippen LogP contribution is 2.32. The lowest BCUT2D eigenvalue weighted by atomic mass is 9.82. The molecule has 1 aromatic rings. The lowest BCUT2D eigenvalue weighted by Crippen LogP contribution is -2.55. The topological polar surface area (TPSA) is 89.1 Å². The van der Waals surface area contributed by atoms with E-state index in [1.807, 2.05) is 0 Å². The highest BCUT2D eigenvalue weighted by Gasteiger charge is 2.36. The van der Waals surface area contributed by atoms with Crippen molar-refractivity contribution < 1.29 is 4.79 Å². The molecule has 2 aliphatic rings. The number of nitrogens with zero attached hydrogens (tertiary/aromatic N) is 4. The molecular formula is C14H24N6O. The van der Waals surface area contributed by atoms with Crippen molar-refractivity contribution in [3.63, 3.8) is 0 Å². The molecule has 0 aromatic carbocycles. The lowest BCUT2D eigenvalue weighted by molar-refractivity contribution is 0.0462. The molecule has 21 heavy (non-hydrogen) atoms. The Kier molecular flexibility index (Phi) is 4.21. The van der Waals surface area contributed by atoms with E-state index < -0.39 is 0 Å². The molecule has 7 nitrogen and oxygen atoms in total. The largest absolute Gasteiger partial charge is 0.348 e. The Balaban J connectivity index is 1.59. The van der Waals surface area contributed by atoms with Crippen LogP contribution in [0.15, 0.2) is 6.20 Å². The van der Waals surface area contributed by atoms with E-state index in [0.717, 1.165) is 12.8 Å². The monoisotopic (exact) mass is 292 g/mol. The number of amides is 1. The minimum Gasteiger partial charge on any atom is -0.348 e. The van der Waals surface area contributed by atoms with Crippen LogP contribution in [0.5, 0.6) is 0 Å². The average Bonchev–Trinajstić information content (AvgIpc) is 2.89. The van der Waals surface area contributed by atoms with Crippen molar-refractivity contribution in [1.82, 2.24) is 25.2 Å². The first-order valence-electron chi connectivity index (χ1n) is 7.80. The number of nitrogens with one attached hydrogen (secondary N) is 1. The van der Waals surface area contributed by atoms with E-state index in [1.54, 1.807) is 10.9 Å². The van der Waals surface area contributed by atoms with Gasteiger partial charge in [-0.3, -0.25) is 9.48 Å². The highest BCUT2D eigenvalue weighted by atomic mass is 16.2. The molecule has 7 heteroatoms. The van der Waals surface area contributed by atoms with Gasteiger partial charge in [0.05, 0.1) is 12.7 Å². The number of piperidine rings is 2. The van der Waals surface area contributed by atoms with Gasteiger partial charge in [-0.2, -0.15) is 0 Å². The van der Waals surface area contributed by atoms with Crippen LogP contribution in [0.25, 0.3) is 0 Å². The van der Waals surface area contributed by atoms with Gasteiger partial charge >= 0.3 is 0 Å². The molecule has 3 rings (SSSR count). The maximum absolute atomic E-state index is 12.3. The van der Waals surface area contributed by atoms with Crippen LogP contribution in [0.4, 0.5) is 0 Å². The number of hydrogen-bond acceptors (Lipinski definition) is 5. The van der Waals surface area contributed by atoms with Crippen molar-refractivity contribution in [3.8, 4) is 0 Å². The van der Waals surface area contributed by atoms with E-state index in [0.29, 0.717) is 30.9 Å². The first kappa shape index (κ1) is 14.5. The molecule has 3 heterocycles. The Morgan fingerprint density at radius 3 is 2.81 bits per heavy atom. The van der Waals surface area contributed by atoms with Crippen molar-refractivity contribution >= 4 is 5.91 Å². The van der Waals surface area contributed by atoms with Gasteiger partial charge in [-0.25, -0.2) is 0 Å². The molecule has 2 unspecified atom stereocenters. The summed E-state index contributed by atoms with van der Waals surface area (Å²) in [6.07, 6.45) is 7.54. The Morgan fingerprint density at radius 1 is 1.43 bits per heavy atom. The van der Waals surface area contributed by atoms with E-state index in [-0.39, 0.29) is 11.9 Å². The maximum atomic E-state index is 12.3. The fraction of sp³-hybridized carbons (Fsp3) is 0.786. The highest BCUT2D eigenvalue weighted by molar-refractivity contribution is 5.92. The standard InChI is InChI=1S/C14H24N6O/c1-19-11-3-2-4-12(19)8-10(7-11)16-14(21)13-9-20(6-5-15)18-17-13/h9-12H,2-8,15H2,1H3,(H,16,21). The zero-order chi connectivity index (χ0) is 14.8. The van der Waals surface area contributed by atoms with Crippen LogP contribution in [0.1, 0.15) is 42.6 Å². The fourth-order valence-electron chi connectivity index (χ4n) is 3.64. The number of carbonyl (C=O) groups excluding carboxylic acids is 1. The molecule has 116 valence electrons. The van der Waals surface area contributed by atoms with Crippen molar-refractivity contribution in [2.75, 3.05) is 13.6 Å². The Hall–Kier alpha value is -1.47. The van der Waals surface area contributed by atoms with Crippen LogP contribution in [0, 0.1) is 0 Å². The van der Waals surface area contributed by atoms with Crippen molar-refractivity contribution in [3.05, 3.63) is 11.9 Å². The Labute approximate surface area is 124 Å². The predicted octanol–water partition coefficient (Wildman–Crippen LogP) is -0.0181. The molecule has 1 aromatic heterocycles. The van der Waals surface area contributed by atoms with Crippen molar-refractivity contribution in [2.24, 2.45) is 5.73 Å². The summed E-state index contributed by atoms with van der Waals surface area (Å²) >= 11 is 0. The second-order valence-electron chi connectivity index (χ2n) is 6.20. The van der Waals surface area contributed by atoms with Gasteiger partial charge in [0.15, 0.2) is 5.69 Å². The van der Waals surface area contributed by atoms with Crippen LogP contribution in [-0.4, -0.2) is 57.5 Å². The van der Waals surface area contributed by atoms with E-state index in [4.69, 9.17) is 5.73 Å². The van der Waals surface area contributed by atoms with Gasteiger partial charge in [-0.15, -0.1) is 5.10 Å². The summed E-state index contributed by atoms with van der Waals surface area (Å²) in [6, 6.07) is 1.47. The Morgan fingerprint density at radius 2 is 2.14 bits per heavy atom. The van der Waals surface area contributed by atoms with Gasteiger partial charge in [0.2, 0.25) is 0 Å². The minimum absolute atomic E-state index is 0.120. The molecule has 3 N–H and O–H groups in total. The summed E-state index contributed by atoms with van der Waals surface area (Å²) in [6.45, 7) is 1.07. The molecule has 0 radical (unpaired) electrons. The SMILES string of the molecule is CN1C2CCCC1CC(NC(=O)c1cn(CCN)nn1)C2. The molecule has 2 fully saturated rings. The minimum atomic E-state index is -0.120. The van der Waals surface area contributed by atoms with Crippen molar-refractivity contribution in [2.45, 2.75) is 56.8 Å². The van der Waals surface area contributed by atoms with Crippen LogP contribution in [0.2, 0.25) is 0 Å². The molecule has 2 bridgehead atoms. The second-order valence-corrected chi connectivity index (χ2v) is 6.20. The van der Waals surface area contributed by atoms with Gasteiger partial charge in [-0.1, -0.05) is 11.6 Å². The quantitative estimate of drug-likeness (QED) is 0.814. The van der Waals surface area contributed by atoms with Gasteiger partial charge < -0.3 is 16.0 Å². The summed E-state index contributed by atoms with van der Waals surface area (Å²) < 4.78 is 1.61. The zero-order valence-corrected chi connectivity index (χ0v) is 12.5. The number of fused-ring (bicyclic) bond motifs is 2. The summed E-state index contributed by atoms with van der Waals surface area (Å²) in [4.78, 5) is 14.7. The van der Waals surface area contributed by atoms with Gasteiger partial charge in [0.25, 0.3) is 5.91 Å².